The monoisotopic (exact) mass is 294 g/mol. The average molecular weight is 294 g/mol. The third kappa shape index (κ3) is 2.33. The lowest BCUT2D eigenvalue weighted by molar-refractivity contribution is 0.111. The lowest BCUT2D eigenvalue weighted by Crippen LogP contribution is -1.97. The van der Waals surface area contributed by atoms with E-state index in [2.05, 4.69) is 20.1 Å². The van der Waals surface area contributed by atoms with E-state index in [1.165, 1.54) is 6.33 Å². The number of hydrogen-bond acceptors (Lipinski definition) is 7. The Morgan fingerprint density at radius 1 is 1.18 bits per heavy atom. The maximum absolute atomic E-state index is 11.1. The summed E-state index contributed by atoms with van der Waals surface area (Å²) in [6.07, 6.45) is 6.78. The maximum Gasteiger partial charge on any atom is 0.170 e. The Balaban J connectivity index is 2.20. The third-order valence-corrected chi connectivity index (χ3v) is 3.04. The van der Waals surface area contributed by atoms with Crippen molar-refractivity contribution in [2.75, 3.05) is 5.73 Å². The molecule has 108 valence electrons. The zero-order valence-electron chi connectivity index (χ0n) is 11.2. The molecule has 8 heteroatoms. The Morgan fingerprint density at radius 2 is 1.95 bits per heavy atom. The Bertz CT molecular complexity index is 844. The molecule has 1 aromatic carbocycles. The summed E-state index contributed by atoms with van der Waals surface area (Å²) in [5.74, 6) is 0.335. The lowest BCUT2D eigenvalue weighted by Gasteiger charge is -2.09. The molecule has 3 rings (SSSR count). The van der Waals surface area contributed by atoms with Gasteiger partial charge in [0.05, 0.1) is 11.3 Å². The number of carbonyl (C=O) groups excluding carboxylic acids is 1. The van der Waals surface area contributed by atoms with Crippen molar-refractivity contribution >= 4 is 17.7 Å². The Hall–Kier alpha value is -3.42. The number of nitrogens with zero attached hydrogens (tertiary/aromatic N) is 5. The summed E-state index contributed by atoms with van der Waals surface area (Å²) >= 11 is 0. The van der Waals surface area contributed by atoms with Gasteiger partial charge in [0.15, 0.2) is 12.1 Å². The second kappa shape index (κ2) is 5.52. The van der Waals surface area contributed by atoms with E-state index >= 15 is 0 Å². The molecule has 2 N–H and O–H groups in total. The molecule has 0 aliphatic carbocycles. The molecule has 0 amide bonds. The molecule has 0 atom stereocenters. The molecule has 3 aromatic rings. The first kappa shape index (κ1) is 13.6. The molecule has 0 saturated carbocycles. The van der Waals surface area contributed by atoms with Crippen LogP contribution in [-0.4, -0.2) is 25.8 Å². The van der Waals surface area contributed by atoms with Gasteiger partial charge in [-0.05, 0) is 23.4 Å². The van der Waals surface area contributed by atoms with Gasteiger partial charge in [0.1, 0.15) is 17.7 Å². The van der Waals surface area contributed by atoms with E-state index < -0.39 is 0 Å². The van der Waals surface area contributed by atoms with E-state index in [0.29, 0.717) is 23.4 Å². The van der Waals surface area contributed by atoms with Crippen LogP contribution in [0.4, 0.5) is 11.4 Å². The van der Waals surface area contributed by atoms with Crippen LogP contribution in [0.25, 0.3) is 17.1 Å². The van der Waals surface area contributed by atoms with E-state index in [1.807, 2.05) is 0 Å². The summed E-state index contributed by atoms with van der Waals surface area (Å²) in [5.41, 5.74) is 7.47. The highest BCUT2D eigenvalue weighted by molar-refractivity contribution is 5.83. The van der Waals surface area contributed by atoms with E-state index in [9.17, 15) is 9.70 Å². The van der Waals surface area contributed by atoms with Crippen molar-refractivity contribution in [3.8, 4) is 17.1 Å². The fraction of sp³-hybridized carbons (Fsp3) is 0. The van der Waals surface area contributed by atoms with Crippen LogP contribution in [0.3, 0.4) is 0 Å². The molecular formula is C14H10N6O2. The van der Waals surface area contributed by atoms with Crippen LogP contribution in [0.1, 0.15) is 10.5 Å². The van der Waals surface area contributed by atoms with Gasteiger partial charge in [0, 0.05) is 24.3 Å². The topological polar surface area (TPSA) is 116 Å². The maximum atomic E-state index is 11.1. The van der Waals surface area contributed by atoms with Gasteiger partial charge in [0.25, 0.3) is 0 Å². The van der Waals surface area contributed by atoms with Crippen molar-refractivity contribution in [2.24, 2.45) is 5.18 Å². The average Bonchev–Trinajstić information content (AvgIpc) is 3.04. The lowest BCUT2D eigenvalue weighted by atomic mass is 10.1. The van der Waals surface area contributed by atoms with Gasteiger partial charge in [-0.3, -0.25) is 4.79 Å². The smallest absolute Gasteiger partial charge is 0.170 e. The molecule has 0 bridgehead atoms. The predicted molar refractivity (Wildman–Crippen MR) is 79.8 cm³/mol. The molecule has 0 fully saturated rings. The molecule has 0 aliphatic heterocycles. The van der Waals surface area contributed by atoms with Crippen molar-refractivity contribution < 1.29 is 4.79 Å². The highest BCUT2D eigenvalue weighted by Crippen LogP contribution is 2.35. The van der Waals surface area contributed by atoms with Gasteiger partial charge >= 0.3 is 0 Å². The van der Waals surface area contributed by atoms with E-state index in [-0.39, 0.29) is 17.1 Å². The fourth-order valence-electron chi connectivity index (χ4n) is 2.04. The number of benzene rings is 1. The quantitative estimate of drug-likeness (QED) is 0.447. The second-order valence-electron chi connectivity index (χ2n) is 4.42. The van der Waals surface area contributed by atoms with Crippen LogP contribution < -0.4 is 5.73 Å². The molecule has 2 aromatic heterocycles. The fourth-order valence-corrected chi connectivity index (χ4v) is 2.04. The Labute approximate surface area is 124 Å². The number of rotatable bonds is 4. The first-order valence-electron chi connectivity index (χ1n) is 6.26. The number of hydrogen-bond donors (Lipinski definition) is 1. The van der Waals surface area contributed by atoms with Crippen molar-refractivity contribution in [2.45, 2.75) is 0 Å². The first-order valence-corrected chi connectivity index (χ1v) is 6.26. The molecule has 0 radical (unpaired) electrons. The molecule has 22 heavy (non-hydrogen) atoms. The Morgan fingerprint density at radius 3 is 2.59 bits per heavy atom. The van der Waals surface area contributed by atoms with Crippen LogP contribution in [0.15, 0.2) is 48.3 Å². The zero-order valence-corrected chi connectivity index (χ0v) is 11.2. The number of nitroso groups, excluding NO2 is 1. The van der Waals surface area contributed by atoms with Crippen LogP contribution in [-0.2, 0) is 0 Å². The molecule has 0 saturated heterocycles. The summed E-state index contributed by atoms with van der Waals surface area (Å²) in [4.78, 5) is 33.9. The Kier molecular flexibility index (Phi) is 3.40. The zero-order chi connectivity index (χ0) is 15.5. The number of imidazole rings is 1. The van der Waals surface area contributed by atoms with Gasteiger partial charge in [-0.2, -0.15) is 0 Å². The number of anilines is 1. The van der Waals surface area contributed by atoms with Gasteiger partial charge in [-0.25, -0.2) is 15.0 Å². The normalized spacial score (nSPS) is 10.4. The first-order chi connectivity index (χ1) is 10.7. The standard InChI is InChI=1S/C14H10N6O2/c15-12-5-10(20-6-9(7-21)18-8-20)4-11(13(12)19-22)14-16-2-1-3-17-14/h1-8H,15H2. The van der Waals surface area contributed by atoms with Gasteiger partial charge < -0.3 is 10.3 Å². The highest BCUT2D eigenvalue weighted by atomic mass is 16.3. The SMILES string of the molecule is Nc1cc(-n2cnc(C=O)c2)cc(-c2ncccn2)c1N=O. The van der Waals surface area contributed by atoms with Crippen LogP contribution in [0.2, 0.25) is 0 Å². The van der Waals surface area contributed by atoms with Crippen molar-refractivity contribution in [3.63, 3.8) is 0 Å². The van der Waals surface area contributed by atoms with Gasteiger partial charge in [0.2, 0.25) is 0 Å². The van der Waals surface area contributed by atoms with Crippen LogP contribution >= 0.6 is 0 Å². The molecule has 0 unspecified atom stereocenters. The summed E-state index contributed by atoms with van der Waals surface area (Å²) in [6, 6.07) is 4.90. The second-order valence-corrected chi connectivity index (χ2v) is 4.42. The minimum Gasteiger partial charge on any atom is -0.397 e. The molecule has 8 nitrogen and oxygen atoms in total. The van der Waals surface area contributed by atoms with Crippen LogP contribution in [0.5, 0.6) is 0 Å². The minimum absolute atomic E-state index is 0.0747. The molecule has 0 aliphatic rings. The minimum atomic E-state index is 0.0747. The summed E-state index contributed by atoms with van der Waals surface area (Å²) < 4.78 is 1.61. The summed E-state index contributed by atoms with van der Waals surface area (Å²) in [6.45, 7) is 0. The van der Waals surface area contributed by atoms with E-state index in [1.54, 1.807) is 41.4 Å². The summed E-state index contributed by atoms with van der Waals surface area (Å²) in [7, 11) is 0. The van der Waals surface area contributed by atoms with E-state index in [4.69, 9.17) is 5.73 Å². The molecule has 0 spiro atoms. The molecular weight excluding hydrogens is 284 g/mol. The van der Waals surface area contributed by atoms with E-state index in [0.717, 1.165) is 0 Å². The predicted octanol–water partition coefficient (Wildman–Crippen LogP) is 2.12. The van der Waals surface area contributed by atoms with Crippen LogP contribution in [0, 0.1) is 4.91 Å². The molecule has 2 heterocycles. The van der Waals surface area contributed by atoms with Gasteiger partial charge in [-0.1, -0.05) is 0 Å². The van der Waals surface area contributed by atoms with Crippen molar-refractivity contribution in [3.05, 3.63) is 53.7 Å². The number of aromatic nitrogens is 4. The number of nitrogens with two attached hydrogens (primary N) is 1. The summed E-state index contributed by atoms with van der Waals surface area (Å²) in [5, 5.41) is 2.97. The number of aldehydes is 1. The van der Waals surface area contributed by atoms with Gasteiger partial charge in [-0.15, -0.1) is 4.91 Å². The van der Waals surface area contributed by atoms with Crippen molar-refractivity contribution in [1.82, 2.24) is 19.5 Å². The van der Waals surface area contributed by atoms with Crippen molar-refractivity contribution in [1.29, 1.82) is 0 Å². The third-order valence-electron chi connectivity index (χ3n) is 3.04. The largest absolute Gasteiger partial charge is 0.397 e. The highest BCUT2D eigenvalue weighted by Gasteiger charge is 2.14. The number of nitrogen functional groups attached to an aromatic ring is 1. The number of carbonyl (C=O) groups is 1.